The first kappa shape index (κ1) is 30.3. The van der Waals surface area contributed by atoms with Gasteiger partial charge in [-0.25, -0.2) is 9.38 Å². The molecule has 0 aromatic heterocycles. The van der Waals surface area contributed by atoms with Crippen LogP contribution < -0.4 is 14.8 Å². The number of nitrogens with one attached hydrogen (secondary N) is 1. The Morgan fingerprint density at radius 3 is 2.56 bits per heavy atom. The zero-order valence-electron chi connectivity index (χ0n) is 23.6. The Morgan fingerprint density at radius 2 is 1.81 bits per heavy atom. The molecule has 222 valence electrons. The minimum Gasteiger partial charge on any atom is -0.497 e. The highest BCUT2D eigenvalue weighted by molar-refractivity contribution is 9.10. The average molecular weight is 648 g/mol. The third-order valence-electron chi connectivity index (χ3n) is 7.19. The van der Waals surface area contributed by atoms with Crippen LogP contribution >= 0.6 is 15.9 Å². The number of rotatable bonds is 12. The number of aliphatic hydroxyl groups excluding tert-OH is 1. The molecule has 0 aliphatic carbocycles. The highest BCUT2D eigenvalue weighted by Crippen LogP contribution is 2.44. The first-order valence-electron chi connectivity index (χ1n) is 13.9. The van der Waals surface area contributed by atoms with Gasteiger partial charge >= 0.3 is 0 Å². The summed E-state index contributed by atoms with van der Waals surface area (Å²) in [5, 5.41) is 12.1. The molecule has 7 nitrogen and oxygen atoms in total. The van der Waals surface area contributed by atoms with E-state index in [0.717, 1.165) is 15.6 Å². The number of ether oxygens (including phenoxy) is 3. The van der Waals surface area contributed by atoms with Crippen LogP contribution in [0.2, 0.25) is 0 Å². The molecule has 0 unspecified atom stereocenters. The van der Waals surface area contributed by atoms with Gasteiger partial charge in [-0.1, -0.05) is 58.4 Å². The first-order valence-corrected chi connectivity index (χ1v) is 14.7. The van der Waals surface area contributed by atoms with E-state index in [4.69, 9.17) is 24.3 Å². The van der Waals surface area contributed by atoms with E-state index in [9.17, 15) is 9.18 Å². The molecule has 9 heteroatoms. The van der Waals surface area contributed by atoms with E-state index >= 15 is 0 Å². The second-order valence-electron chi connectivity index (χ2n) is 10.1. The van der Waals surface area contributed by atoms with Crippen LogP contribution in [0.3, 0.4) is 0 Å². The summed E-state index contributed by atoms with van der Waals surface area (Å²) in [6.45, 7) is 0.560. The summed E-state index contributed by atoms with van der Waals surface area (Å²) in [4.78, 5) is 19.4. The normalized spacial score (nSPS) is 17.6. The third-order valence-corrected chi connectivity index (χ3v) is 7.96. The van der Waals surface area contributed by atoms with Crippen LogP contribution in [0.5, 0.6) is 11.5 Å². The van der Waals surface area contributed by atoms with Crippen molar-refractivity contribution < 1.29 is 28.5 Å². The Bertz CT molecular complexity index is 1600. The van der Waals surface area contributed by atoms with Crippen molar-refractivity contribution in [3.05, 3.63) is 130 Å². The predicted molar refractivity (Wildman–Crippen MR) is 166 cm³/mol. The zero-order valence-corrected chi connectivity index (χ0v) is 25.2. The van der Waals surface area contributed by atoms with Crippen LogP contribution in [0, 0.1) is 5.82 Å². The zero-order chi connectivity index (χ0) is 30.2. The number of carbonyl (C=O) groups excluding carboxylic acids is 1. The molecule has 0 saturated carbocycles. The number of amides is 1. The Labute approximate surface area is 258 Å². The highest BCUT2D eigenvalue weighted by Gasteiger charge is 2.53. The van der Waals surface area contributed by atoms with E-state index in [1.165, 1.54) is 12.1 Å². The molecule has 1 aliphatic rings. The maximum atomic E-state index is 14.4. The van der Waals surface area contributed by atoms with Gasteiger partial charge in [-0.15, -0.1) is 0 Å². The molecule has 1 aliphatic heterocycles. The molecule has 0 radical (unpaired) electrons. The monoisotopic (exact) mass is 646 g/mol. The average Bonchev–Trinajstić information content (AvgIpc) is 3.42. The molecule has 0 saturated heterocycles. The Kier molecular flexibility index (Phi) is 9.74. The van der Waals surface area contributed by atoms with Crippen molar-refractivity contribution in [2.24, 2.45) is 4.99 Å². The fourth-order valence-corrected chi connectivity index (χ4v) is 5.43. The number of hydrogen-bond acceptors (Lipinski definition) is 6. The SMILES string of the molecule is COc1cccc([C@H]2OC(c3ccc(OCCCO)cc3)=N[C@@]2(Cc2ccccc2Br)C(=O)NCc2cccc(F)c2)c1. The van der Waals surface area contributed by atoms with Gasteiger partial charge in [-0.2, -0.15) is 0 Å². The van der Waals surface area contributed by atoms with E-state index in [1.54, 1.807) is 31.4 Å². The Balaban J connectivity index is 1.58. The van der Waals surface area contributed by atoms with Crippen molar-refractivity contribution >= 4 is 27.7 Å². The van der Waals surface area contributed by atoms with Crippen molar-refractivity contribution in [2.45, 2.75) is 31.0 Å². The molecule has 43 heavy (non-hydrogen) atoms. The van der Waals surface area contributed by atoms with Crippen molar-refractivity contribution in [3.63, 3.8) is 0 Å². The smallest absolute Gasteiger partial charge is 0.252 e. The van der Waals surface area contributed by atoms with Crippen LogP contribution in [0.25, 0.3) is 0 Å². The number of carbonyl (C=O) groups is 1. The third kappa shape index (κ3) is 7.06. The largest absolute Gasteiger partial charge is 0.497 e. The summed E-state index contributed by atoms with van der Waals surface area (Å²) in [6.07, 6.45) is -0.0585. The van der Waals surface area contributed by atoms with E-state index in [0.29, 0.717) is 41.6 Å². The van der Waals surface area contributed by atoms with E-state index in [-0.39, 0.29) is 31.3 Å². The number of aliphatic imine (C=N–C) groups is 1. The molecule has 2 N–H and O–H groups in total. The predicted octanol–water partition coefficient (Wildman–Crippen LogP) is 6.17. The maximum Gasteiger partial charge on any atom is 0.252 e. The standard InChI is InChI=1S/C34H32BrFN2O5/c1-41-29-11-5-9-25(20-29)31-34(21-26-8-2-3-12-30(26)35,33(40)37-22-23-7-4-10-27(36)19-23)38-32(43-31)24-13-15-28(16-14-24)42-18-6-17-39/h2-5,7-16,19-20,31,39H,6,17-18,21-22H2,1H3,(H,37,40)/t31-,34-/m1/s1. The quantitative estimate of drug-likeness (QED) is 0.180. The second kappa shape index (κ2) is 13.8. The van der Waals surface area contributed by atoms with E-state index in [1.807, 2.05) is 60.7 Å². The lowest BCUT2D eigenvalue weighted by Gasteiger charge is -2.31. The molecule has 0 bridgehead atoms. The van der Waals surface area contributed by atoms with Crippen molar-refractivity contribution in [2.75, 3.05) is 20.3 Å². The van der Waals surface area contributed by atoms with E-state index in [2.05, 4.69) is 21.2 Å². The van der Waals surface area contributed by atoms with Gasteiger partial charge in [0, 0.05) is 36.0 Å². The highest BCUT2D eigenvalue weighted by atomic mass is 79.9. The summed E-state index contributed by atoms with van der Waals surface area (Å²) in [5.74, 6) is 0.834. The molecule has 2 atom stereocenters. The van der Waals surface area contributed by atoms with Crippen LogP contribution in [0.15, 0.2) is 107 Å². The summed E-state index contributed by atoms with van der Waals surface area (Å²) >= 11 is 3.64. The van der Waals surface area contributed by atoms with Crippen molar-refractivity contribution in [1.29, 1.82) is 0 Å². The summed E-state index contributed by atoms with van der Waals surface area (Å²) < 4.78 is 32.5. The number of benzene rings is 4. The minimum absolute atomic E-state index is 0.0509. The van der Waals surface area contributed by atoms with Gasteiger partial charge in [-0.05, 0) is 71.3 Å². The van der Waals surface area contributed by atoms with Gasteiger partial charge < -0.3 is 24.6 Å². The van der Waals surface area contributed by atoms with Crippen LogP contribution in [0.1, 0.15) is 34.8 Å². The van der Waals surface area contributed by atoms with Gasteiger partial charge in [0.25, 0.3) is 5.91 Å². The van der Waals surface area contributed by atoms with Crippen LogP contribution in [0.4, 0.5) is 4.39 Å². The maximum absolute atomic E-state index is 14.4. The van der Waals surface area contributed by atoms with Crippen LogP contribution in [-0.2, 0) is 22.5 Å². The minimum atomic E-state index is -1.42. The second-order valence-corrected chi connectivity index (χ2v) is 11.0. The Morgan fingerprint density at radius 1 is 1.02 bits per heavy atom. The number of methoxy groups -OCH3 is 1. The van der Waals surface area contributed by atoms with Crippen LogP contribution in [-0.4, -0.2) is 42.8 Å². The first-order chi connectivity index (χ1) is 20.9. The lowest BCUT2D eigenvalue weighted by molar-refractivity contribution is -0.129. The van der Waals surface area contributed by atoms with Gasteiger partial charge in [-0.3, -0.25) is 4.79 Å². The molecule has 1 amide bonds. The molecular weight excluding hydrogens is 615 g/mol. The Hall–Kier alpha value is -4.21. The van der Waals surface area contributed by atoms with Gasteiger partial charge in [0.1, 0.15) is 17.3 Å². The molecular formula is C34H32BrFN2O5. The molecule has 0 spiro atoms. The molecule has 0 fully saturated rings. The summed E-state index contributed by atoms with van der Waals surface area (Å²) in [5.41, 5.74) is 1.47. The van der Waals surface area contributed by atoms with E-state index < -0.39 is 11.6 Å². The number of aliphatic hydroxyl groups is 1. The topological polar surface area (TPSA) is 89.4 Å². The molecule has 1 heterocycles. The summed E-state index contributed by atoms with van der Waals surface area (Å²) in [7, 11) is 1.58. The van der Waals surface area contributed by atoms with Crippen molar-refractivity contribution in [1.82, 2.24) is 5.32 Å². The molecule has 5 rings (SSSR count). The molecule has 4 aromatic carbocycles. The van der Waals surface area contributed by atoms with Crippen molar-refractivity contribution in [3.8, 4) is 11.5 Å². The van der Waals surface area contributed by atoms with Gasteiger partial charge in [0.15, 0.2) is 11.6 Å². The van der Waals surface area contributed by atoms with Gasteiger partial charge in [0.05, 0.1) is 13.7 Å². The number of hydrogen-bond donors (Lipinski definition) is 2. The number of nitrogens with zero attached hydrogens (tertiary/aromatic N) is 1. The lowest BCUT2D eigenvalue weighted by atomic mass is 9.82. The summed E-state index contributed by atoms with van der Waals surface area (Å²) in [6, 6.07) is 28.5. The molecule has 4 aromatic rings. The lowest BCUT2D eigenvalue weighted by Crippen LogP contribution is -2.49. The number of halogens is 2. The fourth-order valence-electron chi connectivity index (χ4n) is 5.00. The fraction of sp³-hybridized carbons (Fsp3) is 0.235. The van der Waals surface area contributed by atoms with Gasteiger partial charge in [0.2, 0.25) is 5.90 Å².